The van der Waals surface area contributed by atoms with Gasteiger partial charge in [-0.15, -0.1) is 0 Å². The number of methoxy groups -OCH3 is 2. The molecule has 0 aliphatic carbocycles. The van der Waals surface area contributed by atoms with E-state index in [1.807, 2.05) is 0 Å². The topological polar surface area (TPSA) is 189 Å². The van der Waals surface area contributed by atoms with Crippen LogP contribution in [0.25, 0.3) is 22.3 Å². The fraction of sp³-hybridized carbons (Fsp3) is 0.348. The lowest BCUT2D eigenvalue weighted by Gasteiger charge is -2.39. The normalized spacial score (nSPS) is 24.3. The molecule has 0 saturated carbocycles. The van der Waals surface area contributed by atoms with Crippen molar-refractivity contribution in [3.63, 3.8) is 0 Å². The van der Waals surface area contributed by atoms with Crippen LogP contribution in [0.15, 0.2) is 39.5 Å². The van der Waals surface area contributed by atoms with Crippen molar-refractivity contribution in [1.29, 1.82) is 0 Å². The number of hydrogen-bond acceptors (Lipinski definition) is 12. The van der Waals surface area contributed by atoms with Gasteiger partial charge in [-0.05, 0) is 18.2 Å². The molecule has 6 N–H and O–H groups in total. The Labute approximate surface area is 197 Å². The van der Waals surface area contributed by atoms with Gasteiger partial charge in [0.1, 0.15) is 46.9 Å². The molecule has 2 aromatic carbocycles. The first-order valence-corrected chi connectivity index (χ1v) is 10.4. The maximum Gasteiger partial charge on any atom is 0.238 e. The molecule has 0 spiro atoms. The monoisotopic (exact) mass is 492 g/mol. The average Bonchev–Trinajstić information content (AvgIpc) is 2.86. The Morgan fingerprint density at radius 3 is 2.34 bits per heavy atom. The highest BCUT2D eigenvalue weighted by atomic mass is 16.7. The van der Waals surface area contributed by atoms with Gasteiger partial charge in [0.2, 0.25) is 17.5 Å². The largest absolute Gasteiger partial charge is 0.507 e. The maximum atomic E-state index is 12.7. The van der Waals surface area contributed by atoms with Crippen molar-refractivity contribution in [2.24, 2.45) is 0 Å². The van der Waals surface area contributed by atoms with Gasteiger partial charge in [-0.3, -0.25) is 4.79 Å². The molecular weight excluding hydrogens is 468 g/mol. The molecule has 188 valence electrons. The molecule has 1 saturated heterocycles. The number of rotatable bonds is 6. The summed E-state index contributed by atoms with van der Waals surface area (Å²) in [6.07, 6.45) is -7.43. The molecule has 1 aliphatic heterocycles. The zero-order chi connectivity index (χ0) is 25.4. The van der Waals surface area contributed by atoms with Crippen LogP contribution in [0.4, 0.5) is 0 Å². The quantitative estimate of drug-likeness (QED) is 0.272. The van der Waals surface area contributed by atoms with Crippen LogP contribution in [0, 0.1) is 0 Å². The van der Waals surface area contributed by atoms with E-state index in [1.54, 1.807) is 0 Å². The lowest BCUT2D eigenvalue weighted by molar-refractivity contribution is -0.277. The lowest BCUT2D eigenvalue weighted by Crippen LogP contribution is -2.60. The average molecular weight is 492 g/mol. The summed E-state index contributed by atoms with van der Waals surface area (Å²) in [6, 6.07) is 6.77. The first-order chi connectivity index (χ1) is 16.7. The van der Waals surface area contributed by atoms with E-state index in [0.29, 0.717) is 0 Å². The fourth-order valence-electron chi connectivity index (χ4n) is 3.77. The zero-order valence-electron chi connectivity index (χ0n) is 18.6. The molecule has 3 aromatic rings. The Bertz CT molecular complexity index is 1280. The molecule has 0 amide bonds. The van der Waals surface area contributed by atoms with Gasteiger partial charge in [-0.2, -0.15) is 0 Å². The third kappa shape index (κ3) is 4.33. The van der Waals surface area contributed by atoms with Gasteiger partial charge >= 0.3 is 0 Å². The van der Waals surface area contributed by atoms with Gasteiger partial charge in [0.05, 0.1) is 20.8 Å². The first-order valence-electron chi connectivity index (χ1n) is 10.4. The van der Waals surface area contributed by atoms with Gasteiger partial charge in [0.25, 0.3) is 0 Å². The number of aliphatic hydroxyl groups excluding tert-OH is 4. The predicted octanol–water partition coefficient (Wildman–Crippen LogP) is 0.0671. The Hall–Kier alpha value is -3.55. The van der Waals surface area contributed by atoms with Gasteiger partial charge in [-0.25, -0.2) is 0 Å². The van der Waals surface area contributed by atoms with Gasteiger partial charge in [-0.1, -0.05) is 0 Å². The van der Waals surface area contributed by atoms with E-state index in [9.17, 15) is 35.4 Å². The van der Waals surface area contributed by atoms with Crippen molar-refractivity contribution in [2.45, 2.75) is 30.7 Å². The number of aromatic hydroxyl groups is 2. The number of hydrogen-bond donors (Lipinski definition) is 6. The summed E-state index contributed by atoms with van der Waals surface area (Å²) in [5.74, 6) is -1.03. The molecule has 4 rings (SSSR count). The Morgan fingerprint density at radius 1 is 0.943 bits per heavy atom. The van der Waals surface area contributed by atoms with Crippen LogP contribution in [0.1, 0.15) is 0 Å². The van der Waals surface area contributed by atoms with E-state index >= 15 is 0 Å². The Balaban J connectivity index is 1.72. The molecule has 1 fully saturated rings. The summed E-state index contributed by atoms with van der Waals surface area (Å²) in [5, 5.41) is 59.9. The Kier molecular flexibility index (Phi) is 6.74. The van der Waals surface area contributed by atoms with Crippen molar-refractivity contribution < 1.29 is 54.0 Å². The van der Waals surface area contributed by atoms with Crippen molar-refractivity contribution >= 4 is 11.0 Å². The highest BCUT2D eigenvalue weighted by Crippen LogP contribution is 2.39. The summed E-state index contributed by atoms with van der Waals surface area (Å²) < 4.78 is 27.1. The summed E-state index contributed by atoms with van der Waals surface area (Å²) >= 11 is 0. The molecule has 35 heavy (non-hydrogen) atoms. The van der Waals surface area contributed by atoms with E-state index in [-0.39, 0.29) is 39.5 Å². The summed E-state index contributed by atoms with van der Waals surface area (Å²) in [6.45, 7) is -0.624. The highest BCUT2D eigenvalue weighted by molar-refractivity contribution is 5.88. The third-order valence-corrected chi connectivity index (χ3v) is 5.68. The first kappa shape index (κ1) is 24.6. The van der Waals surface area contributed by atoms with Crippen LogP contribution in [-0.2, 0) is 4.74 Å². The Morgan fingerprint density at radius 2 is 1.69 bits per heavy atom. The number of phenolic OH excluding ortho intramolecular Hbond substituents is 1. The second kappa shape index (κ2) is 9.60. The minimum absolute atomic E-state index is 0.0275. The zero-order valence-corrected chi connectivity index (χ0v) is 18.6. The number of fused-ring (bicyclic) bond motifs is 1. The highest BCUT2D eigenvalue weighted by Gasteiger charge is 2.45. The fourth-order valence-corrected chi connectivity index (χ4v) is 3.77. The van der Waals surface area contributed by atoms with Crippen molar-refractivity contribution in [3.8, 4) is 40.1 Å². The molecule has 1 aliphatic rings. The molecule has 12 nitrogen and oxygen atoms in total. The van der Waals surface area contributed by atoms with Crippen LogP contribution in [0.2, 0.25) is 0 Å². The minimum atomic E-state index is -1.64. The third-order valence-electron chi connectivity index (χ3n) is 5.68. The van der Waals surface area contributed by atoms with Gasteiger partial charge in [0.15, 0.2) is 17.3 Å². The smallest absolute Gasteiger partial charge is 0.238 e. The maximum absolute atomic E-state index is 12.7. The van der Waals surface area contributed by atoms with Crippen molar-refractivity contribution in [3.05, 3.63) is 40.6 Å². The molecule has 1 aromatic heterocycles. The summed E-state index contributed by atoms with van der Waals surface area (Å²) in [7, 11) is 2.69. The SMILES string of the molecule is COc1cc(O)c2c(=O)c(O)c(-c3ccc(O[C@@H]4OC(CO)[C@@H](O)C(O)C4O)c(OC)c3)oc2c1. The number of aliphatic hydroxyl groups is 4. The molecular formula is C23H24O12. The molecule has 12 heteroatoms. The molecule has 2 heterocycles. The van der Waals surface area contributed by atoms with Crippen LogP contribution in [0.5, 0.6) is 28.7 Å². The molecule has 3 unspecified atom stereocenters. The van der Waals surface area contributed by atoms with Crippen LogP contribution in [0.3, 0.4) is 0 Å². The predicted molar refractivity (Wildman–Crippen MR) is 119 cm³/mol. The van der Waals surface area contributed by atoms with E-state index in [1.165, 1.54) is 44.6 Å². The second-order valence-electron chi connectivity index (χ2n) is 7.81. The lowest BCUT2D eigenvalue weighted by atomic mass is 9.99. The summed E-state index contributed by atoms with van der Waals surface area (Å²) in [5.41, 5.74) is -0.677. The number of benzene rings is 2. The van der Waals surface area contributed by atoms with Crippen LogP contribution in [-0.4, -0.2) is 82.2 Å². The van der Waals surface area contributed by atoms with Gasteiger partial charge < -0.3 is 54.0 Å². The minimum Gasteiger partial charge on any atom is -0.507 e. The summed E-state index contributed by atoms with van der Waals surface area (Å²) in [4.78, 5) is 12.7. The molecule has 5 atom stereocenters. The molecule has 0 radical (unpaired) electrons. The van der Waals surface area contributed by atoms with E-state index in [2.05, 4.69) is 0 Å². The van der Waals surface area contributed by atoms with Crippen LogP contribution < -0.4 is 19.6 Å². The van der Waals surface area contributed by atoms with Crippen molar-refractivity contribution in [1.82, 2.24) is 0 Å². The van der Waals surface area contributed by atoms with Crippen molar-refractivity contribution in [2.75, 3.05) is 20.8 Å². The molecule has 0 bridgehead atoms. The number of ether oxygens (including phenoxy) is 4. The van der Waals surface area contributed by atoms with E-state index in [4.69, 9.17) is 23.4 Å². The van der Waals surface area contributed by atoms with Crippen LogP contribution >= 0.6 is 0 Å². The van der Waals surface area contributed by atoms with Gasteiger partial charge in [0, 0.05) is 17.7 Å². The number of phenols is 1. The standard InChI is InChI=1S/C23H24O12/c1-31-10-6-11(25)16-14(7-10)33-22(20(29)18(16)27)9-3-4-12(13(5-9)32-2)34-23-21(30)19(28)17(26)15(8-24)35-23/h3-7,15,17,19,21,23-26,28-30H,8H2,1-2H3/t15?,17-,19?,21?,23-/m1/s1. The second-order valence-corrected chi connectivity index (χ2v) is 7.81. The van der Waals surface area contributed by atoms with E-state index < -0.39 is 54.2 Å². The van der Waals surface area contributed by atoms with E-state index in [0.717, 1.165) is 0 Å².